The summed E-state index contributed by atoms with van der Waals surface area (Å²) in [4.78, 5) is 12.0. The Kier molecular flexibility index (Phi) is 5.71. The Morgan fingerprint density at radius 2 is 2.23 bits per heavy atom. The van der Waals surface area contributed by atoms with E-state index in [4.69, 9.17) is 14.4 Å². The van der Waals surface area contributed by atoms with Gasteiger partial charge in [0.1, 0.15) is 6.61 Å². The zero-order chi connectivity index (χ0) is 18.4. The molecule has 0 unspecified atom stereocenters. The summed E-state index contributed by atoms with van der Waals surface area (Å²) in [5, 5.41) is 17.8. The van der Waals surface area contributed by atoms with Gasteiger partial charge >= 0.3 is 5.97 Å². The van der Waals surface area contributed by atoms with Gasteiger partial charge in [-0.05, 0) is 36.8 Å². The number of hydrogen-bond acceptors (Lipinski definition) is 7. The van der Waals surface area contributed by atoms with E-state index in [1.54, 1.807) is 30.5 Å². The van der Waals surface area contributed by atoms with Crippen LogP contribution in [0.3, 0.4) is 0 Å². The minimum Gasteiger partial charge on any atom is -0.461 e. The van der Waals surface area contributed by atoms with Crippen LogP contribution in [0.15, 0.2) is 52.2 Å². The Labute approximate surface area is 154 Å². The van der Waals surface area contributed by atoms with Crippen LogP contribution < -0.4 is 0 Å². The van der Waals surface area contributed by atoms with Crippen LogP contribution in [-0.4, -0.2) is 26.5 Å². The van der Waals surface area contributed by atoms with Crippen molar-refractivity contribution in [1.29, 1.82) is 5.26 Å². The van der Waals surface area contributed by atoms with Gasteiger partial charge in [0.05, 0.1) is 23.6 Å². The molecule has 0 bridgehead atoms. The normalized spacial score (nSPS) is 10.5. The number of carbonyl (C=O) groups excluding carboxylic acids is 1. The van der Waals surface area contributed by atoms with Gasteiger partial charge in [-0.1, -0.05) is 23.9 Å². The number of furan rings is 1. The second kappa shape index (κ2) is 8.36. The molecule has 2 heterocycles. The first kappa shape index (κ1) is 17.8. The highest BCUT2D eigenvalue weighted by molar-refractivity contribution is 7.99. The largest absolute Gasteiger partial charge is 0.461 e. The van der Waals surface area contributed by atoms with Crippen LogP contribution in [0.1, 0.15) is 18.1 Å². The van der Waals surface area contributed by atoms with Crippen LogP contribution in [0, 0.1) is 11.3 Å². The van der Waals surface area contributed by atoms with Gasteiger partial charge in [0.15, 0.2) is 16.7 Å². The van der Waals surface area contributed by atoms with Crippen molar-refractivity contribution in [1.82, 2.24) is 14.8 Å². The predicted octanol–water partition coefficient (Wildman–Crippen LogP) is 3.27. The van der Waals surface area contributed by atoms with Gasteiger partial charge in [-0.15, -0.1) is 10.2 Å². The molecular weight excluding hydrogens is 352 g/mol. The number of esters is 1. The van der Waals surface area contributed by atoms with Crippen LogP contribution in [0.5, 0.6) is 0 Å². The lowest BCUT2D eigenvalue weighted by Crippen LogP contribution is -2.08. The van der Waals surface area contributed by atoms with E-state index < -0.39 is 0 Å². The number of aromatic nitrogens is 3. The fourth-order valence-corrected chi connectivity index (χ4v) is 3.13. The summed E-state index contributed by atoms with van der Waals surface area (Å²) < 4.78 is 12.5. The molecule has 0 aliphatic heterocycles. The highest BCUT2D eigenvalue weighted by Gasteiger charge is 2.16. The van der Waals surface area contributed by atoms with E-state index in [1.807, 2.05) is 23.6 Å². The van der Waals surface area contributed by atoms with Crippen molar-refractivity contribution >= 4 is 17.7 Å². The van der Waals surface area contributed by atoms with E-state index in [0.717, 1.165) is 5.56 Å². The molecule has 26 heavy (non-hydrogen) atoms. The van der Waals surface area contributed by atoms with Crippen LogP contribution >= 0.6 is 11.8 Å². The molecule has 0 saturated heterocycles. The summed E-state index contributed by atoms with van der Waals surface area (Å²) in [7, 11) is 0. The van der Waals surface area contributed by atoms with Crippen molar-refractivity contribution in [2.24, 2.45) is 0 Å². The number of benzene rings is 1. The van der Waals surface area contributed by atoms with Gasteiger partial charge in [0.25, 0.3) is 0 Å². The fourth-order valence-electron chi connectivity index (χ4n) is 2.33. The highest BCUT2D eigenvalue weighted by Crippen LogP contribution is 2.24. The molecule has 1 aromatic carbocycles. The Balaban J connectivity index is 1.57. The molecule has 0 atom stereocenters. The zero-order valence-electron chi connectivity index (χ0n) is 14.1. The Bertz CT molecular complexity index is 928. The lowest BCUT2D eigenvalue weighted by molar-refractivity contribution is -0.141. The summed E-state index contributed by atoms with van der Waals surface area (Å²) in [5.74, 6) is 1.02. The van der Waals surface area contributed by atoms with E-state index in [-0.39, 0.29) is 18.3 Å². The van der Waals surface area contributed by atoms with Gasteiger partial charge in [-0.25, -0.2) is 0 Å². The van der Waals surface area contributed by atoms with Crippen molar-refractivity contribution in [2.75, 3.05) is 5.75 Å². The Morgan fingerprint density at radius 3 is 2.96 bits per heavy atom. The summed E-state index contributed by atoms with van der Waals surface area (Å²) in [6.45, 7) is 2.76. The fraction of sp³-hybridized carbons (Fsp3) is 0.222. The van der Waals surface area contributed by atoms with Crippen molar-refractivity contribution in [3.8, 4) is 17.7 Å². The van der Waals surface area contributed by atoms with Crippen molar-refractivity contribution in [3.05, 3.63) is 53.8 Å². The van der Waals surface area contributed by atoms with Gasteiger partial charge in [0, 0.05) is 6.54 Å². The maximum atomic E-state index is 12.0. The maximum absolute atomic E-state index is 12.0. The number of nitriles is 1. The molecule has 0 spiro atoms. The summed E-state index contributed by atoms with van der Waals surface area (Å²) >= 11 is 1.26. The lowest BCUT2D eigenvalue weighted by Gasteiger charge is -2.07. The third-order valence-electron chi connectivity index (χ3n) is 3.55. The van der Waals surface area contributed by atoms with Crippen LogP contribution in [0.25, 0.3) is 11.6 Å². The number of hydrogen-bond donors (Lipinski definition) is 0. The molecule has 0 amide bonds. The van der Waals surface area contributed by atoms with E-state index in [0.29, 0.717) is 28.8 Å². The minimum atomic E-state index is -0.359. The first-order valence-electron chi connectivity index (χ1n) is 7.95. The summed E-state index contributed by atoms with van der Waals surface area (Å²) in [6.07, 6.45) is 1.58. The molecule has 0 aliphatic carbocycles. The van der Waals surface area contributed by atoms with Crippen LogP contribution in [0.2, 0.25) is 0 Å². The van der Waals surface area contributed by atoms with Gasteiger partial charge < -0.3 is 9.15 Å². The van der Waals surface area contributed by atoms with Crippen LogP contribution in [-0.2, 0) is 22.7 Å². The molecule has 7 nitrogen and oxygen atoms in total. The van der Waals surface area contributed by atoms with Gasteiger partial charge in [0.2, 0.25) is 0 Å². The van der Waals surface area contributed by atoms with Gasteiger partial charge in [-0.3, -0.25) is 9.36 Å². The second-order valence-electron chi connectivity index (χ2n) is 5.29. The number of carbonyl (C=O) groups is 1. The third kappa shape index (κ3) is 4.13. The van der Waals surface area contributed by atoms with Gasteiger partial charge in [-0.2, -0.15) is 5.26 Å². The third-order valence-corrected chi connectivity index (χ3v) is 4.49. The predicted molar refractivity (Wildman–Crippen MR) is 95.1 cm³/mol. The SMILES string of the molecule is CCn1c(SCC(=O)OCc2cccc(C#N)c2)nnc1-c1ccco1. The number of nitrogens with zero attached hydrogens (tertiary/aromatic N) is 4. The van der Waals surface area contributed by atoms with Crippen molar-refractivity contribution < 1.29 is 13.9 Å². The first-order valence-corrected chi connectivity index (χ1v) is 8.94. The lowest BCUT2D eigenvalue weighted by atomic mass is 10.1. The molecule has 132 valence electrons. The molecular formula is C18H16N4O3S. The quantitative estimate of drug-likeness (QED) is 0.466. The highest BCUT2D eigenvalue weighted by atomic mass is 32.2. The second-order valence-corrected chi connectivity index (χ2v) is 6.23. The van der Waals surface area contributed by atoms with Crippen molar-refractivity contribution in [3.63, 3.8) is 0 Å². The molecule has 0 radical (unpaired) electrons. The number of rotatable bonds is 7. The number of thioether (sulfide) groups is 1. The topological polar surface area (TPSA) is 93.9 Å². The van der Waals surface area contributed by atoms with E-state index >= 15 is 0 Å². The van der Waals surface area contributed by atoms with Crippen molar-refractivity contribution in [2.45, 2.75) is 25.2 Å². The Hall–Kier alpha value is -3.05. The maximum Gasteiger partial charge on any atom is 0.316 e. The zero-order valence-corrected chi connectivity index (χ0v) is 14.9. The molecule has 0 fully saturated rings. The smallest absolute Gasteiger partial charge is 0.316 e. The van der Waals surface area contributed by atoms with Crippen LogP contribution in [0.4, 0.5) is 0 Å². The van der Waals surface area contributed by atoms with E-state index in [2.05, 4.69) is 16.3 Å². The average molecular weight is 368 g/mol. The summed E-state index contributed by atoms with van der Waals surface area (Å²) in [6, 6.07) is 12.6. The monoisotopic (exact) mass is 368 g/mol. The molecule has 8 heteroatoms. The van der Waals surface area contributed by atoms with E-state index in [9.17, 15) is 4.79 Å². The molecule has 3 rings (SSSR count). The molecule has 0 N–H and O–H groups in total. The number of ether oxygens (including phenoxy) is 1. The summed E-state index contributed by atoms with van der Waals surface area (Å²) in [5.41, 5.74) is 1.31. The standard InChI is InChI=1S/C18H16N4O3S/c1-2-22-17(15-7-4-8-24-15)20-21-18(22)26-12-16(23)25-11-14-6-3-5-13(9-14)10-19/h3-9H,2,11-12H2,1H3. The first-order chi connectivity index (χ1) is 12.7. The minimum absolute atomic E-state index is 0.119. The average Bonchev–Trinajstić information content (AvgIpc) is 3.33. The molecule has 2 aromatic heterocycles. The molecule has 3 aromatic rings. The molecule has 0 aliphatic rings. The molecule has 0 saturated carbocycles. The van der Waals surface area contributed by atoms with E-state index in [1.165, 1.54) is 11.8 Å². The Morgan fingerprint density at radius 1 is 1.35 bits per heavy atom.